The average Bonchev–Trinajstić information content (AvgIpc) is 3.13. The number of hydrogen-bond donors (Lipinski definition) is 0. The predicted molar refractivity (Wildman–Crippen MR) is 117 cm³/mol. The smallest absolute Gasteiger partial charge is 0.285 e. The number of amides is 1. The minimum Gasteiger partial charge on any atom is -0.484 e. The third kappa shape index (κ3) is 4.60. The third-order valence-electron chi connectivity index (χ3n) is 4.78. The Balaban J connectivity index is 1.54. The van der Waals surface area contributed by atoms with Gasteiger partial charge in [0.05, 0.1) is 17.5 Å². The predicted octanol–water partition coefficient (Wildman–Crippen LogP) is 3.33. The molecule has 0 radical (unpaired) electrons. The van der Waals surface area contributed by atoms with Gasteiger partial charge in [0.1, 0.15) is 5.75 Å². The molecule has 0 N–H and O–H groups in total. The maximum absolute atomic E-state index is 12.4. The van der Waals surface area contributed by atoms with Crippen LogP contribution in [0.15, 0.2) is 53.5 Å². The average molecular weight is 451 g/mol. The fourth-order valence-corrected chi connectivity index (χ4v) is 7.44. The van der Waals surface area contributed by atoms with E-state index in [0.717, 1.165) is 11.3 Å². The van der Waals surface area contributed by atoms with Crippen molar-refractivity contribution < 1.29 is 17.9 Å². The summed E-state index contributed by atoms with van der Waals surface area (Å²) in [4.78, 5) is 18.5. The number of aryl methyl sites for hydroxylation is 1. The molecule has 0 bridgehead atoms. The molecule has 6 nitrogen and oxygen atoms in total. The summed E-state index contributed by atoms with van der Waals surface area (Å²) in [5.74, 6) is 0.259. The highest BCUT2D eigenvalue weighted by Crippen LogP contribution is 2.41. The van der Waals surface area contributed by atoms with Gasteiger partial charge in [0.25, 0.3) is 5.91 Å². The van der Waals surface area contributed by atoms with Crippen LogP contribution in [0.5, 0.6) is 5.75 Å². The summed E-state index contributed by atoms with van der Waals surface area (Å²) in [6, 6.07) is 14.3. The van der Waals surface area contributed by atoms with Crippen molar-refractivity contribution in [1.82, 2.24) is 0 Å². The van der Waals surface area contributed by atoms with Crippen molar-refractivity contribution in [3.05, 3.63) is 59.1 Å². The number of amidine groups is 1. The zero-order chi connectivity index (χ0) is 20.6. The summed E-state index contributed by atoms with van der Waals surface area (Å²) in [5, 5.41) is 0.968. The van der Waals surface area contributed by atoms with Crippen molar-refractivity contribution in [3.8, 4) is 5.75 Å². The second-order valence-electron chi connectivity index (χ2n) is 7.04. The van der Waals surface area contributed by atoms with E-state index in [2.05, 4.69) is 4.99 Å². The normalized spacial score (nSPS) is 23.9. The summed E-state index contributed by atoms with van der Waals surface area (Å²) in [6.45, 7) is 1.78. The van der Waals surface area contributed by atoms with Crippen molar-refractivity contribution in [1.29, 1.82) is 0 Å². The maximum atomic E-state index is 12.4. The minimum absolute atomic E-state index is 0.0625. The van der Waals surface area contributed by atoms with E-state index in [-0.39, 0.29) is 29.4 Å². The number of rotatable bonds is 4. The monoisotopic (exact) mass is 450 g/mol. The molecular weight excluding hydrogens is 432 g/mol. The molecule has 0 saturated carbocycles. The van der Waals surface area contributed by atoms with Crippen LogP contribution in [0, 0.1) is 6.92 Å². The number of carbonyl (C=O) groups is 1. The second-order valence-corrected chi connectivity index (χ2v) is 10.8. The number of anilines is 1. The van der Waals surface area contributed by atoms with Gasteiger partial charge in [0.2, 0.25) is 0 Å². The molecule has 0 aromatic heterocycles. The lowest BCUT2D eigenvalue weighted by Gasteiger charge is -2.24. The van der Waals surface area contributed by atoms with Crippen LogP contribution in [0.2, 0.25) is 5.02 Å². The van der Waals surface area contributed by atoms with Crippen molar-refractivity contribution in [3.63, 3.8) is 0 Å². The molecular formula is C20H19ClN2O4S2. The number of ether oxygens (including phenoxy) is 1. The number of hydrogen-bond acceptors (Lipinski definition) is 5. The fourth-order valence-electron chi connectivity index (χ4n) is 3.39. The van der Waals surface area contributed by atoms with Crippen molar-refractivity contribution in [2.45, 2.75) is 18.2 Å². The van der Waals surface area contributed by atoms with Crippen molar-refractivity contribution >= 4 is 50.0 Å². The molecule has 2 heterocycles. The van der Waals surface area contributed by atoms with Gasteiger partial charge >= 0.3 is 0 Å². The summed E-state index contributed by atoms with van der Waals surface area (Å²) >= 11 is 7.19. The molecule has 0 aliphatic carbocycles. The highest BCUT2D eigenvalue weighted by atomic mass is 35.5. The lowest BCUT2D eigenvalue weighted by atomic mass is 10.1. The van der Waals surface area contributed by atoms with E-state index in [1.54, 1.807) is 24.3 Å². The van der Waals surface area contributed by atoms with Gasteiger partial charge in [-0.05, 0) is 43.3 Å². The van der Waals surface area contributed by atoms with Crippen LogP contribution in [-0.2, 0) is 14.6 Å². The number of thioether (sulfide) groups is 1. The van der Waals surface area contributed by atoms with Crippen LogP contribution in [0.3, 0.4) is 0 Å². The molecule has 9 heteroatoms. The van der Waals surface area contributed by atoms with Crippen LogP contribution in [-0.4, -0.2) is 48.9 Å². The largest absolute Gasteiger partial charge is 0.484 e. The van der Waals surface area contributed by atoms with Gasteiger partial charge < -0.3 is 9.64 Å². The lowest BCUT2D eigenvalue weighted by Crippen LogP contribution is -2.37. The molecule has 4 rings (SSSR count). The van der Waals surface area contributed by atoms with E-state index in [9.17, 15) is 13.2 Å². The standard InChI is InChI=1S/C20H19ClN2O4S2/c1-13-2-6-15(7-3-13)23-17-11-29(25,26)12-18(17)28-20(23)22-19(24)10-27-16-8-4-14(21)5-9-16/h2-9,17-18H,10-12H2,1H3/t17-,18-/m0/s1. The maximum Gasteiger partial charge on any atom is 0.285 e. The van der Waals surface area contributed by atoms with Crippen LogP contribution in [0.4, 0.5) is 5.69 Å². The molecule has 2 fully saturated rings. The Bertz CT molecular complexity index is 1050. The van der Waals surface area contributed by atoms with Gasteiger partial charge in [0, 0.05) is 16.0 Å². The van der Waals surface area contributed by atoms with E-state index in [1.807, 2.05) is 36.1 Å². The van der Waals surface area contributed by atoms with Gasteiger partial charge in [0.15, 0.2) is 21.6 Å². The SMILES string of the molecule is Cc1ccc(N2C(=NC(=O)COc3ccc(Cl)cc3)S[C@H]3CS(=O)(=O)C[C@@H]32)cc1. The number of fused-ring (bicyclic) bond motifs is 1. The Morgan fingerprint density at radius 3 is 2.55 bits per heavy atom. The number of nitrogens with zero attached hydrogens (tertiary/aromatic N) is 2. The van der Waals surface area contributed by atoms with Gasteiger partial charge in [-0.2, -0.15) is 4.99 Å². The molecule has 2 atom stereocenters. The van der Waals surface area contributed by atoms with E-state index < -0.39 is 15.7 Å². The molecule has 29 heavy (non-hydrogen) atoms. The highest BCUT2D eigenvalue weighted by molar-refractivity contribution is 8.16. The van der Waals surface area contributed by atoms with E-state index >= 15 is 0 Å². The number of carbonyl (C=O) groups excluding carboxylic acids is 1. The van der Waals surface area contributed by atoms with E-state index in [1.165, 1.54) is 11.8 Å². The molecule has 2 aliphatic heterocycles. The van der Waals surface area contributed by atoms with Gasteiger partial charge in [-0.1, -0.05) is 41.1 Å². The van der Waals surface area contributed by atoms with Gasteiger partial charge in [-0.25, -0.2) is 8.42 Å². The van der Waals surface area contributed by atoms with Crippen LogP contribution in [0.25, 0.3) is 0 Å². The molecule has 152 valence electrons. The second kappa shape index (κ2) is 8.01. The Kier molecular flexibility index (Phi) is 5.59. The Morgan fingerprint density at radius 2 is 1.86 bits per heavy atom. The summed E-state index contributed by atoms with van der Waals surface area (Å²) in [5.41, 5.74) is 1.93. The summed E-state index contributed by atoms with van der Waals surface area (Å²) < 4.78 is 29.7. The van der Waals surface area contributed by atoms with Gasteiger partial charge in [-0.15, -0.1) is 0 Å². The Morgan fingerprint density at radius 1 is 1.17 bits per heavy atom. The Hall–Kier alpha value is -2.03. The third-order valence-corrected chi connectivity index (χ3v) is 8.24. The first-order valence-electron chi connectivity index (χ1n) is 9.04. The first-order valence-corrected chi connectivity index (χ1v) is 12.1. The summed E-state index contributed by atoms with van der Waals surface area (Å²) in [6.07, 6.45) is 0. The van der Waals surface area contributed by atoms with E-state index in [4.69, 9.17) is 16.3 Å². The van der Waals surface area contributed by atoms with Crippen LogP contribution in [0.1, 0.15) is 5.56 Å². The van der Waals surface area contributed by atoms with Crippen LogP contribution < -0.4 is 9.64 Å². The minimum atomic E-state index is -3.09. The molecule has 0 spiro atoms. The molecule has 1 amide bonds. The highest BCUT2D eigenvalue weighted by Gasteiger charge is 2.49. The number of halogens is 1. The Labute approximate surface area is 178 Å². The topological polar surface area (TPSA) is 76.0 Å². The zero-order valence-corrected chi connectivity index (χ0v) is 18.0. The number of aliphatic imine (C=N–C) groups is 1. The number of benzene rings is 2. The molecule has 2 aromatic carbocycles. The van der Waals surface area contributed by atoms with Crippen molar-refractivity contribution in [2.75, 3.05) is 23.0 Å². The molecule has 2 saturated heterocycles. The first kappa shape index (κ1) is 20.3. The zero-order valence-electron chi connectivity index (χ0n) is 15.6. The van der Waals surface area contributed by atoms with Gasteiger partial charge in [-0.3, -0.25) is 4.79 Å². The van der Waals surface area contributed by atoms with Crippen LogP contribution >= 0.6 is 23.4 Å². The molecule has 0 unspecified atom stereocenters. The summed E-state index contributed by atoms with van der Waals surface area (Å²) in [7, 11) is -3.09. The van der Waals surface area contributed by atoms with Crippen molar-refractivity contribution in [2.24, 2.45) is 4.99 Å². The lowest BCUT2D eigenvalue weighted by molar-refractivity contribution is -0.119. The fraction of sp³-hybridized carbons (Fsp3) is 0.300. The quantitative estimate of drug-likeness (QED) is 0.711. The number of sulfone groups is 1. The first-order chi connectivity index (χ1) is 13.8. The van der Waals surface area contributed by atoms with E-state index in [0.29, 0.717) is 15.9 Å². The molecule has 2 aliphatic rings. The molecule has 2 aromatic rings.